The molecule has 0 aliphatic rings. The van der Waals surface area contributed by atoms with Crippen molar-refractivity contribution in [3.05, 3.63) is 0 Å². The fourth-order valence-electron chi connectivity index (χ4n) is 0.472. The van der Waals surface area contributed by atoms with Gasteiger partial charge >= 0.3 is 0 Å². The van der Waals surface area contributed by atoms with Crippen LogP contribution in [0.1, 0.15) is 20.3 Å². The SMILES string of the molecule is CCNCC#CC(N)CC. The number of nitrogens with one attached hydrogen (secondary N) is 1. The highest BCUT2D eigenvalue weighted by Gasteiger charge is 1.87. The zero-order valence-corrected chi connectivity index (χ0v) is 6.78. The molecule has 0 aromatic carbocycles. The quantitative estimate of drug-likeness (QED) is 0.438. The lowest BCUT2D eigenvalue weighted by atomic mass is 10.2. The Hall–Kier alpha value is -0.520. The van der Waals surface area contributed by atoms with E-state index in [-0.39, 0.29) is 6.04 Å². The van der Waals surface area contributed by atoms with Crippen molar-refractivity contribution in [2.24, 2.45) is 5.73 Å². The Morgan fingerprint density at radius 3 is 2.70 bits per heavy atom. The van der Waals surface area contributed by atoms with Crippen LogP contribution < -0.4 is 11.1 Å². The molecule has 0 bridgehead atoms. The van der Waals surface area contributed by atoms with Crippen molar-refractivity contribution in [1.29, 1.82) is 0 Å². The lowest BCUT2D eigenvalue weighted by Crippen LogP contribution is -2.17. The highest BCUT2D eigenvalue weighted by molar-refractivity contribution is 5.07. The van der Waals surface area contributed by atoms with Gasteiger partial charge in [0.15, 0.2) is 0 Å². The molecule has 2 heteroatoms. The summed E-state index contributed by atoms with van der Waals surface area (Å²) < 4.78 is 0. The topological polar surface area (TPSA) is 38.0 Å². The minimum Gasteiger partial charge on any atom is -0.318 e. The first-order chi connectivity index (χ1) is 4.81. The first-order valence-corrected chi connectivity index (χ1v) is 3.76. The predicted octanol–water partition coefficient (Wildman–Crippen LogP) is 0.337. The molecule has 0 saturated heterocycles. The molecule has 0 aromatic heterocycles. The second-order valence-electron chi connectivity index (χ2n) is 2.12. The van der Waals surface area contributed by atoms with Crippen molar-refractivity contribution >= 4 is 0 Å². The number of hydrogen-bond acceptors (Lipinski definition) is 2. The van der Waals surface area contributed by atoms with Gasteiger partial charge in [-0.15, -0.1) is 0 Å². The minimum absolute atomic E-state index is 0.0543. The Morgan fingerprint density at radius 1 is 1.50 bits per heavy atom. The van der Waals surface area contributed by atoms with Crippen molar-refractivity contribution in [1.82, 2.24) is 5.32 Å². The number of nitrogens with two attached hydrogens (primary N) is 1. The van der Waals surface area contributed by atoms with Gasteiger partial charge in [-0.2, -0.15) is 0 Å². The molecular weight excluding hydrogens is 124 g/mol. The van der Waals surface area contributed by atoms with Gasteiger partial charge in [-0.25, -0.2) is 0 Å². The molecule has 0 fully saturated rings. The van der Waals surface area contributed by atoms with Crippen LogP contribution in [0.5, 0.6) is 0 Å². The second kappa shape index (κ2) is 6.60. The van der Waals surface area contributed by atoms with Crippen LogP contribution in [0.2, 0.25) is 0 Å². The zero-order chi connectivity index (χ0) is 7.82. The monoisotopic (exact) mass is 140 g/mol. The molecule has 2 nitrogen and oxygen atoms in total. The fourth-order valence-corrected chi connectivity index (χ4v) is 0.472. The van der Waals surface area contributed by atoms with Crippen molar-refractivity contribution in [3.8, 4) is 11.8 Å². The second-order valence-corrected chi connectivity index (χ2v) is 2.12. The average Bonchev–Trinajstić information content (AvgIpc) is 1.98. The third-order valence-electron chi connectivity index (χ3n) is 1.19. The van der Waals surface area contributed by atoms with Crippen LogP contribution in [0, 0.1) is 11.8 Å². The van der Waals surface area contributed by atoms with E-state index in [9.17, 15) is 0 Å². The summed E-state index contributed by atoms with van der Waals surface area (Å²) in [6.45, 7) is 5.81. The van der Waals surface area contributed by atoms with E-state index in [1.54, 1.807) is 0 Å². The van der Waals surface area contributed by atoms with Gasteiger partial charge in [0.25, 0.3) is 0 Å². The molecule has 58 valence electrons. The Kier molecular flexibility index (Phi) is 6.25. The highest BCUT2D eigenvalue weighted by atomic mass is 14.8. The molecule has 0 saturated carbocycles. The van der Waals surface area contributed by atoms with Crippen LogP contribution in [-0.2, 0) is 0 Å². The van der Waals surface area contributed by atoms with E-state index in [4.69, 9.17) is 5.73 Å². The molecule has 10 heavy (non-hydrogen) atoms. The number of rotatable bonds is 3. The van der Waals surface area contributed by atoms with Crippen molar-refractivity contribution in [2.45, 2.75) is 26.3 Å². The van der Waals surface area contributed by atoms with Gasteiger partial charge in [-0.3, -0.25) is 0 Å². The summed E-state index contributed by atoms with van der Waals surface area (Å²) in [6, 6.07) is 0.0543. The molecule has 1 atom stereocenters. The summed E-state index contributed by atoms with van der Waals surface area (Å²) in [5, 5.41) is 3.10. The Bertz CT molecular complexity index is 121. The molecule has 0 radical (unpaired) electrons. The molecule has 0 spiro atoms. The third-order valence-corrected chi connectivity index (χ3v) is 1.19. The van der Waals surface area contributed by atoms with Gasteiger partial charge in [-0.05, 0) is 13.0 Å². The van der Waals surface area contributed by atoms with Crippen molar-refractivity contribution in [3.63, 3.8) is 0 Å². The Morgan fingerprint density at radius 2 is 2.20 bits per heavy atom. The highest BCUT2D eigenvalue weighted by Crippen LogP contribution is 1.79. The minimum atomic E-state index is 0.0543. The van der Waals surface area contributed by atoms with E-state index >= 15 is 0 Å². The summed E-state index contributed by atoms with van der Waals surface area (Å²) in [6.07, 6.45) is 0.930. The van der Waals surface area contributed by atoms with E-state index in [0.717, 1.165) is 19.5 Å². The van der Waals surface area contributed by atoms with Crippen LogP contribution >= 0.6 is 0 Å². The molecule has 0 heterocycles. The molecule has 0 aliphatic heterocycles. The first-order valence-electron chi connectivity index (χ1n) is 3.76. The first kappa shape index (κ1) is 9.48. The zero-order valence-electron chi connectivity index (χ0n) is 6.78. The summed E-state index contributed by atoms with van der Waals surface area (Å²) in [5.74, 6) is 5.88. The van der Waals surface area contributed by atoms with E-state index in [1.165, 1.54) is 0 Å². The molecule has 0 amide bonds. The van der Waals surface area contributed by atoms with Crippen LogP contribution in [0.25, 0.3) is 0 Å². The van der Waals surface area contributed by atoms with E-state index in [1.807, 2.05) is 6.92 Å². The average molecular weight is 140 g/mol. The Labute approximate surface area is 63.2 Å². The van der Waals surface area contributed by atoms with Gasteiger partial charge in [0.05, 0.1) is 12.6 Å². The van der Waals surface area contributed by atoms with Gasteiger partial charge in [0.2, 0.25) is 0 Å². The van der Waals surface area contributed by atoms with Gasteiger partial charge in [-0.1, -0.05) is 25.7 Å². The van der Waals surface area contributed by atoms with Crippen LogP contribution in [0.4, 0.5) is 0 Å². The number of hydrogen-bond donors (Lipinski definition) is 2. The summed E-state index contributed by atoms with van der Waals surface area (Å²) in [7, 11) is 0. The van der Waals surface area contributed by atoms with Gasteiger partial charge in [0, 0.05) is 0 Å². The molecule has 0 aromatic rings. The van der Waals surface area contributed by atoms with Crippen molar-refractivity contribution < 1.29 is 0 Å². The Balaban J connectivity index is 3.29. The molecule has 0 rings (SSSR count). The van der Waals surface area contributed by atoms with Crippen LogP contribution in [0.15, 0.2) is 0 Å². The third kappa shape index (κ3) is 5.61. The normalized spacial score (nSPS) is 11.9. The summed E-state index contributed by atoms with van der Waals surface area (Å²) in [4.78, 5) is 0. The lowest BCUT2D eigenvalue weighted by Gasteiger charge is -1.95. The molecular formula is C8H16N2. The van der Waals surface area contributed by atoms with E-state index in [0.29, 0.717) is 0 Å². The maximum absolute atomic E-state index is 5.55. The van der Waals surface area contributed by atoms with Crippen LogP contribution in [0.3, 0.4) is 0 Å². The van der Waals surface area contributed by atoms with Gasteiger partial charge < -0.3 is 11.1 Å². The van der Waals surface area contributed by atoms with Gasteiger partial charge in [0.1, 0.15) is 0 Å². The standard InChI is InChI=1S/C8H16N2/c1-3-8(9)6-5-7-10-4-2/h8,10H,3-4,7,9H2,1-2H3. The lowest BCUT2D eigenvalue weighted by molar-refractivity contribution is 0.792. The predicted molar refractivity (Wildman–Crippen MR) is 44.6 cm³/mol. The smallest absolute Gasteiger partial charge is 0.0662 e. The maximum Gasteiger partial charge on any atom is 0.0662 e. The fraction of sp³-hybridized carbons (Fsp3) is 0.750. The largest absolute Gasteiger partial charge is 0.318 e. The van der Waals surface area contributed by atoms with Crippen LogP contribution in [-0.4, -0.2) is 19.1 Å². The molecule has 3 N–H and O–H groups in total. The van der Waals surface area contributed by atoms with E-state index in [2.05, 4.69) is 24.1 Å². The van der Waals surface area contributed by atoms with E-state index < -0.39 is 0 Å². The van der Waals surface area contributed by atoms with Crippen molar-refractivity contribution in [2.75, 3.05) is 13.1 Å². The maximum atomic E-state index is 5.55. The summed E-state index contributed by atoms with van der Waals surface area (Å²) >= 11 is 0. The molecule has 0 aliphatic carbocycles. The molecule has 1 unspecified atom stereocenters. The summed E-state index contributed by atoms with van der Waals surface area (Å²) in [5.41, 5.74) is 5.55.